The molecule has 9 heteroatoms. The number of pyridine rings is 2. The summed E-state index contributed by atoms with van der Waals surface area (Å²) < 4.78 is 7.48. The largest absolute Gasteiger partial charge is 0.458 e. The number of aromatic nitrogens is 2. The van der Waals surface area contributed by atoms with Gasteiger partial charge in [-0.1, -0.05) is 6.92 Å². The molecule has 154 valence electrons. The van der Waals surface area contributed by atoms with Gasteiger partial charge in [0.05, 0.1) is 35.6 Å². The normalized spacial score (nSPS) is 19.4. The number of aliphatic hydroxyl groups excluding tert-OH is 1. The highest BCUT2D eigenvalue weighted by molar-refractivity contribution is 14.1. The Balaban J connectivity index is 1.84. The standard InChI is InChI=1S/C21H18IN3O5/c1-2-21(29)13-4-17-18-10(6-25(17)19(27)12(13)8-30-20(21)28)11(7-26)9-3-15(23)14(22)5-16(9)24-18/h3-5,26,29H,2,6-8,23H2,1H3/t21-/m0/s1. The summed E-state index contributed by atoms with van der Waals surface area (Å²) in [5.41, 5.74) is 8.11. The van der Waals surface area contributed by atoms with Gasteiger partial charge in [0.2, 0.25) is 0 Å². The Bertz CT molecular complexity index is 1330. The van der Waals surface area contributed by atoms with E-state index in [0.717, 1.165) is 14.5 Å². The molecule has 0 unspecified atom stereocenters. The van der Waals surface area contributed by atoms with Gasteiger partial charge in [-0.15, -0.1) is 0 Å². The van der Waals surface area contributed by atoms with Gasteiger partial charge in [-0.25, -0.2) is 9.78 Å². The predicted molar refractivity (Wildman–Crippen MR) is 118 cm³/mol. The third-order valence-electron chi connectivity index (χ3n) is 6.08. The van der Waals surface area contributed by atoms with Crippen LogP contribution in [-0.4, -0.2) is 25.7 Å². The number of benzene rings is 1. The molecule has 2 aliphatic rings. The Kier molecular flexibility index (Phi) is 4.21. The molecule has 0 bridgehead atoms. The van der Waals surface area contributed by atoms with Crippen LogP contribution in [-0.2, 0) is 34.9 Å². The second-order valence-electron chi connectivity index (χ2n) is 7.57. The van der Waals surface area contributed by atoms with E-state index in [-0.39, 0.29) is 42.9 Å². The van der Waals surface area contributed by atoms with Crippen molar-refractivity contribution in [2.24, 2.45) is 0 Å². The summed E-state index contributed by atoms with van der Waals surface area (Å²) in [5, 5.41) is 21.8. The number of carbonyl (C=O) groups excluding carboxylic acids is 1. The van der Waals surface area contributed by atoms with Gasteiger partial charge in [0.1, 0.15) is 6.61 Å². The number of nitrogens with zero attached hydrogens (tertiary/aromatic N) is 2. The Morgan fingerprint density at radius 3 is 2.77 bits per heavy atom. The number of fused-ring (bicyclic) bond motifs is 5. The number of nitrogens with two attached hydrogens (primary N) is 1. The first-order chi connectivity index (χ1) is 14.3. The first kappa shape index (κ1) is 19.5. The van der Waals surface area contributed by atoms with Gasteiger partial charge in [-0.2, -0.15) is 0 Å². The fraction of sp³-hybridized carbons (Fsp3) is 0.286. The maximum absolute atomic E-state index is 13.2. The minimum atomic E-state index is -1.87. The van der Waals surface area contributed by atoms with Gasteiger partial charge < -0.3 is 25.3 Å². The van der Waals surface area contributed by atoms with Crippen molar-refractivity contribution in [3.8, 4) is 11.4 Å². The zero-order valence-corrected chi connectivity index (χ0v) is 18.2. The molecule has 4 heterocycles. The average Bonchev–Trinajstić information content (AvgIpc) is 3.09. The highest BCUT2D eigenvalue weighted by atomic mass is 127. The molecular formula is C21H18IN3O5. The molecule has 0 fully saturated rings. The van der Waals surface area contributed by atoms with E-state index in [9.17, 15) is 19.8 Å². The van der Waals surface area contributed by atoms with Crippen molar-refractivity contribution in [3.05, 3.63) is 54.4 Å². The number of halogens is 1. The van der Waals surface area contributed by atoms with E-state index < -0.39 is 11.6 Å². The minimum Gasteiger partial charge on any atom is -0.458 e. The molecular weight excluding hydrogens is 501 g/mol. The van der Waals surface area contributed by atoms with Crippen LogP contribution in [0.1, 0.15) is 35.6 Å². The maximum Gasteiger partial charge on any atom is 0.343 e. The van der Waals surface area contributed by atoms with Gasteiger partial charge in [0.25, 0.3) is 5.56 Å². The molecule has 30 heavy (non-hydrogen) atoms. The second kappa shape index (κ2) is 6.50. The Labute approximate surface area is 184 Å². The van der Waals surface area contributed by atoms with Crippen LogP contribution in [0, 0.1) is 3.57 Å². The lowest BCUT2D eigenvalue weighted by molar-refractivity contribution is -0.172. The summed E-state index contributed by atoms with van der Waals surface area (Å²) >= 11 is 2.12. The molecule has 0 saturated carbocycles. The number of ether oxygens (including phenoxy) is 1. The maximum atomic E-state index is 13.2. The molecule has 0 amide bonds. The number of aliphatic hydroxyl groups is 2. The van der Waals surface area contributed by atoms with Crippen LogP contribution < -0.4 is 11.3 Å². The average molecular weight is 519 g/mol. The molecule has 0 saturated heterocycles. The number of anilines is 1. The quantitative estimate of drug-likeness (QED) is 0.209. The van der Waals surface area contributed by atoms with E-state index in [0.29, 0.717) is 28.2 Å². The monoisotopic (exact) mass is 519 g/mol. The van der Waals surface area contributed by atoms with Crippen LogP contribution in [0.5, 0.6) is 0 Å². The van der Waals surface area contributed by atoms with E-state index in [1.54, 1.807) is 23.6 Å². The van der Waals surface area contributed by atoms with Gasteiger partial charge in [0.15, 0.2) is 5.60 Å². The van der Waals surface area contributed by atoms with Crippen molar-refractivity contribution in [3.63, 3.8) is 0 Å². The Morgan fingerprint density at radius 1 is 1.30 bits per heavy atom. The van der Waals surface area contributed by atoms with Crippen molar-refractivity contribution in [2.45, 2.75) is 38.7 Å². The van der Waals surface area contributed by atoms with Crippen LogP contribution >= 0.6 is 22.6 Å². The van der Waals surface area contributed by atoms with Gasteiger partial charge in [-0.3, -0.25) is 4.79 Å². The molecule has 4 N–H and O–H groups in total. The molecule has 2 aromatic heterocycles. The predicted octanol–water partition coefficient (Wildman–Crippen LogP) is 1.76. The summed E-state index contributed by atoms with van der Waals surface area (Å²) in [6, 6.07) is 5.29. The number of cyclic esters (lactones) is 1. The van der Waals surface area contributed by atoms with E-state index in [4.69, 9.17) is 15.5 Å². The van der Waals surface area contributed by atoms with Crippen molar-refractivity contribution in [1.29, 1.82) is 0 Å². The number of hydrogen-bond donors (Lipinski definition) is 3. The molecule has 0 radical (unpaired) electrons. The Hall–Kier alpha value is -2.50. The van der Waals surface area contributed by atoms with Gasteiger partial charge in [-0.05, 0) is 52.8 Å². The number of rotatable bonds is 2. The molecule has 0 aliphatic carbocycles. The van der Waals surface area contributed by atoms with Crippen LogP contribution in [0.4, 0.5) is 5.69 Å². The van der Waals surface area contributed by atoms with Crippen LogP contribution in [0.25, 0.3) is 22.3 Å². The summed E-state index contributed by atoms with van der Waals surface area (Å²) in [6.45, 7) is 1.49. The highest BCUT2D eigenvalue weighted by Crippen LogP contribution is 2.40. The van der Waals surface area contributed by atoms with E-state index in [1.165, 1.54) is 0 Å². The van der Waals surface area contributed by atoms with E-state index in [2.05, 4.69) is 22.6 Å². The van der Waals surface area contributed by atoms with Crippen molar-refractivity contribution in [2.75, 3.05) is 5.73 Å². The SMILES string of the molecule is CC[C@@]1(O)C(=O)OCc2c1cc1n(c2=O)Cc2c-1nc1cc(I)c(N)cc1c2CO. The number of esters is 1. The lowest BCUT2D eigenvalue weighted by Gasteiger charge is -2.31. The van der Waals surface area contributed by atoms with Crippen LogP contribution in [0.3, 0.4) is 0 Å². The van der Waals surface area contributed by atoms with Gasteiger partial charge in [0, 0.05) is 25.8 Å². The molecule has 1 atom stereocenters. The third-order valence-corrected chi connectivity index (χ3v) is 7.02. The topological polar surface area (TPSA) is 128 Å². The molecule has 1 aromatic carbocycles. The molecule has 8 nitrogen and oxygen atoms in total. The lowest BCUT2D eigenvalue weighted by Crippen LogP contribution is -2.44. The number of hydrogen-bond acceptors (Lipinski definition) is 7. The number of carbonyl (C=O) groups is 1. The zero-order chi connectivity index (χ0) is 21.4. The van der Waals surface area contributed by atoms with Crippen molar-refractivity contribution in [1.82, 2.24) is 9.55 Å². The summed E-state index contributed by atoms with van der Waals surface area (Å²) in [7, 11) is 0. The zero-order valence-electron chi connectivity index (χ0n) is 16.0. The Morgan fingerprint density at radius 2 is 2.07 bits per heavy atom. The molecule has 5 rings (SSSR count). The lowest BCUT2D eigenvalue weighted by atomic mass is 9.86. The fourth-order valence-electron chi connectivity index (χ4n) is 4.38. The fourth-order valence-corrected chi connectivity index (χ4v) is 4.83. The molecule has 0 spiro atoms. The number of nitrogen functional groups attached to an aromatic ring is 1. The second-order valence-corrected chi connectivity index (χ2v) is 8.73. The summed E-state index contributed by atoms with van der Waals surface area (Å²) in [4.78, 5) is 30.3. The van der Waals surface area contributed by atoms with Crippen molar-refractivity contribution < 1.29 is 19.7 Å². The van der Waals surface area contributed by atoms with Gasteiger partial charge >= 0.3 is 5.97 Å². The summed E-state index contributed by atoms with van der Waals surface area (Å²) in [6.07, 6.45) is 0.0824. The molecule has 2 aliphatic heterocycles. The smallest absolute Gasteiger partial charge is 0.343 e. The van der Waals surface area contributed by atoms with E-state index >= 15 is 0 Å². The third kappa shape index (κ3) is 2.42. The van der Waals surface area contributed by atoms with E-state index in [1.807, 2.05) is 6.07 Å². The first-order valence-electron chi connectivity index (χ1n) is 9.48. The van der Waals surface area contributed by atoms with Crippen molar-refractivity contribution >= 4 is 45.2 Å². The van der Waals surface area contributed by atoms with Crippen LogP contribution in [0.15, 0.2) is 23.0 Å². The summed E-state index contributed by atoms with van der Waals surface area (Å²) in [5.74, 6) is -0.757. The minimum absolute atomic E-state index is 0.0824. The first-order valence-corrected chi connectivity index (χ1v) is 10.6. The highest BCUT2D eigenvalue weighted by Gasteiger charge is 2.45. The van der Waals surface area contributed by atoms with Crippen LogP contribution in [0.2, 0.25) is 0 Å². The molecule has 3 aromatic rings.